The van der Waals surface area contributed by atoms with Crippen molar-refractivity contribution in [1.82, 2.24) is 14.9 Å². The molecule has 0 saturated heterocycles. The number of benzene rings is 1. The minimum absolute atomic E-state index is 0.713. The molecule has 0 bridgehead atoms. The maximum atomic E-state index is 4.50. The van der Waals surface area contributed by atoms with E-state index in [2.05, 4.69) is 52.3 Å². The van der Waals surface area contributed by atoms with Crippen molar-refractivity contribution in [2.24, 2.45) is 5.92 Å². The lowest BCUT2D eigenvalue weighted by atomic mass is 9.87. The second kappa shape index (κ2) is 6.90. The summed E-state index contributed by atoms with van der Waals surface area (Å²) >= 11 is 0. The Morgan fingerprint density at radius 2 is 1.90 bits per heavy atom. The van der Waals surface area contributed by atoms with Crippen LogP contribution in [0.3, 0.4) is 0 Å². The summed E-state index contributed by atoms with van der Waals surface area (Å²) in [5, 5.41) is 3.71. The van der Waals surface area contributed by atoms with Gasteiger partial charge in [-0.05, 0) is 31.6 Å². The van der Waals surface area contributed by atoms with Gasteiger partial charge in [0.1, 0.15) is 5.82 Å². The average Bonchev–Trinajstić information content (AvgIpc) is 2.99. The van der Waals surface area contributed by atoms with Gasteiger partial charge in [0.15, 0.2) is 0 Å². The molecule has 3 heteroatoms. The largest absolute Gasteiger partial charge is 0.330 e. The summed E-state index contributed by atoms with van der Waals surface area (Å²) < 4.78 is 2.24. The fraction of sp³-hybridized carbons (Fsp3) is 0.500. The van der Waals surface area contributed by atoms with Gasteiger partial charge in [0.25, 0.3) is 0 Å². The quantitative estimate of drug-likeness (QED) is 0.906. The number of aromatic nitrogens is 2. The van der Waals surface area contributed by atoms with E-state index in [0.717, 1.165) is 24.8 Å². The van der Waals surface area contributed by atoms with Crippen LogP contribution >= 0.6 is 0 Å². The molecule has 1 N–H and O–H groups in total. The first-order valence-electron chi connectivity index (χ1n) is 8.13. The predicted molar refractivity (Wildman–Crippen MR) is 87.1 cm³/mol. The molecule has 112 valence electrons. The Morgan fingerprint density at radius 1 is 1.14 bits per heavy atom. The van der Waals surface area contributed by atoms with E-state index >= 15 is 0 Å². The second-order valence-electron chi connectivity index (χ2n) is 6.22. The molecule has 3 rings (SSSR count). The van der Waals surface area contributed by atoms with Gasteiger partial charge in [-0.2, -0.15) is 0 Å². The first kappa shape index (κ1) is 14.3. The number of hydrogen-bond acceptors (Lipinski definition) is 2. The molecule has 0 atom stereocenters. The Hall–Kier alpha value is -1.61. The van der Waals surface area contributed by atoms with E-state index in [4.69, 9.17) is 0 Å². The van der Waals surface area contributed by atoms with Crippen molar-refractivity contribution in [1.29, 1.82) is 0 Å². The van der Waals surface area contributed by atoms with Crippen LogP contribution in [0.4, 0.5) is 0 Å². The zero-order valence-electron chi connectivity index (χ0n) is 12.8. The van der Waals surface area contributed by atoms with Crippen LogP contribution in [-0.2, 0) is 6.54 Å². The van der Waals surface area contributed by atoms with Gasteiger partial charge in [0, 0.05) is 37.1 Å². The summed E-state index contributed by atoms with van der Waals surface area (Å²) in [7, 11) is 0. The van der Waals surface area contributed by atoms with Gasteiger partial charge in [-0.1, -0.05) is 37.3 Å². The maximum Gasteiger partial charge on any atom is 0.139 e. The highest BCUT2D eigenvalue weighted by atomic mass is 15.1. The Kier molecular flexibility index (Phi) is 4.71. The normalized spacial score (nSPS) is 22.3. The van der Waals surface area contributed by atoms with Crippen molar-refractivity contribution in [2.75, 3.05) is 6.54 Å². The summed E-state index contributed by atoms with van der Waals surface area (Å²) in [5.74, 6) is 1.98. The minimum atomic E-state index is 0.713. The highest BCUT2D eigenvalue weighted by Crippen LogP contribution is 2.23. The van der Waals surface area contributed by atoms with Gasteiger partial charge in [-0.3, -0.25) is 0 Å². The van der Waals surface area contributed by atoms with E-state index in [1.807, 2.05) is 12.3 Å². The lowest BCUT2D eigenvalue weighted by Gasteiger charge is -2.27. The SMILES string of the molecule is CC1CCC(NCCn2ccnc2-c2ccccc2)CC1. The summed E-state index contributed by atoms with van der Waals surface area (Å²) in [6.07, 6.45) is 9.38. The zero-order chi connectivity index (χ0) is 14.5. The first-order valence-corrected chi connectivity index (χ1v) is 8.13. The second-order valence-corrected chi connectivity index (χ2v) is 6.22. The summed E-state index contributed by atoms with van der Waals surface area (Å²) in [6, 6.07) is 11.1. The molecule has 1 aliphatic rings. The van der Waals surface area contributed by atoms with E-state index in [-0.39, 0.29) is 0 Å². The van der Waals surface area contributed by atoms with Gasteiger partial charge in [-0.15, -0.1) is 0 Å². The molecule has 0 unspecified atom stereocenters. The Labute approximate surface area is 127 Å². The van der Waals surface area contributed by atoms with Crippen molar-refractivity contribution >= 4 is 0 Å². The fourth-order valence-corrected chi connectivity index (χ4v) is 3.19. The van der Waals surface area contributed by atoms with Crippen molar-refractivity contribution < 1.29 is 0 Å². The number of imidazole rings is 1. The molecule has 1 saturated carbocycles. The third kappa shape index (κ3) is 3.73. The number of rotatable bonds is 5. The average molecular weight is 283 g/mol. The highest BCUT2D eigenvalue weighted by Gasteiger charge is 2.17. The molecule has 1 aliphatic carbocycles. The van der Waals surface area contributed by atoms with Crippen LogP contribution in [0.15, 0.2) is 42.7 Å². The molecule has 0 aliphatic heterocycles. The van der Waals surface area contributed by atoms with Crippen LogP contribution in [0.5, 0.6) is 0 Å². The van der Waals surface area contributed by atoms with Crippen molar-refractivity contribution in [3.63, 3.8) is 0 Å². The fourth-order valence-electron chi connectivity index (χ4n) is 3.19. The molecule has 0 radical (unpaired) electrons. The molecule has 21 heavy (non-hydrogen) atoms. The molecule has 1 heterocycles. The Bertz CT molecular complexity index is 539. The smallest absolute Gasteiger partial charge is 0.139 e. The van der Waals surface area contributed by atoms with Gasteiger partial charge < -0.3 is 9.88 Å². The Morgan fingerprint density at radius 3 is 2.67 bits per heavy atom. The van der Waals surface area contributed by atoms with Gasteiger partial charge in [-0.25, -0.2) is 4.98 Å². The van der Waals surface area contributed by atoms with Crippen molar-refractivity contribution in [3.05, 3.63) is 42.7 Å². The van der Waals surface area contributed by atoms with Crippen molar-refractivity contribution in [2.45, 2.75) is 45.2 Å². The molecule has 3 nitrogen and oxygen atoms in total. The molecular formula is C18H25N3. The summed E-state index contributed by atoms with van der Waals surface area (Å²) in [5.41, 5.74) is 1.19. The molecule has 0 amide bonds. The molecule has 1 aromatic carbocycles. The van der Waals surface area contributed by atoms with Crippen LogP contribution in [0.25, 0.3) is 11.4 Å². The number of hydrogen-bond donors (Lipinski definition) is 1. The van der Waals surface area contributed by atoms with Crippen LogP contribution in [-0.4, -0.2) is 22.1 Å². The van der Waals surface area contributed by atoms with Crippen molar-refractivity contribution in [3.8, 4) is 11.4 Å². The van der Waals surface area contributed by atoms with Crippen LogP contribution in [0.2, 0.25) is 0 Å². The highest BCUT2D eigenvalue weighted by molar-refractivity contribution is 5.55. The molecule has 1 aromatic heterocycles. The molecular weight excluding hydrogens is 258 g/mol. The summed E-state index contributed by atoms with van der Waals surface area (Å²) in [6.45, 7) is 4.37. The number of nitrogens with zero attached hydrogens (tertiary/aromatic N) is 2. The summed E-state index contributed by atoms with van der Waals surface area (Å²) in [4.78, 5) is 4.50. The molecule has 2 aromatic rings. The lowest BCUT2D eigenvalue weighted by Crippen LogP contribution is -2.34. The molecule has 1 fully saturated rings. The van der Waals surface area contributed by atoms with E-state index in [1.54, 1.807) is 0 Å². The van der Waals surface area contributed by atoms with Crippen LogP contribution < -0.4 is 5.32 Å². The first-order chi connectivity index (χ1) is 10.3. The Balaban J connectivity index is 1.53. The number of nitrogens with one attached hydrogen (secondary N) is 1. The predicted octanol–water partition coefficient (Wildman–Crippen LogP) is 3.72. The minimum Gasteiger partial charge on any atom is -0.330 e. The lowest BCUT2D eigenvalue weighted by molar-refractivity contribution is 0.305. The van der Waals surface area contributed by atoms with Crippen LogP contribution in [0, 0.1) is 5.92 Å². The van der Waals surface area contributed by atoms with Gasteiger partial charge in [0.2, 0.25) is 0 Å². The van der Waals surface area contributed by atoms with Gasteiger partial charge in [0.05, 0.1) is 0 Å². The van der Waals surface area contributed by atoms with E-state index in [0.29, 0.717) is 6.04 Å². The standard InChI is InChI=1S/C18H25N3/c1-15-7-9-17(10-8-15)19-11-13-21-14-12-20-18(21)16-5-3-2-4-6-16/h2-6,12,14-15,17,19H,7-11,13H2,1H3. The van der Waals surface area contributed by atoms with E-state index < -0.39 is 0 Å². The van der Waals surface area contributed by atoms with Crippen LogP contribution in [0.1, 0.15) is 32.6 Å². The van der Waals surface area contributed by atoms with E-state index in [1.165, 1.54) is 31.2 Å². The third-order valence-corrected chi connectivity index (χ3v) is 4.55. The topological polar surface area (TPSA) is 29.9 Å². The third-order valence-electron chi connectivity index (χ3n) is 4.55. The monoisotopic (exact) mass is 283 g/mol. The van der Waals surface area contributed by atoms with Gasteiger partial charge >= 0.3 is 0 Å². The van der Waals surface area contributed by atoms with E-state index in [9.17, 15) is 0 Å². The maximum absolute atomic E-state index is 4.50. The zero-order valence-corrected chi connectivity index (χ0v) is 12.8. The molecule has 0 spiro atoms.